The Balaban J connectivity index is 1.61. The van der Waals surface area contributed by atoms with Gasteiger partial charge in [-0.15, -0.1) is 0 Å². The average Bonchev–Trinajstić information content (AvgIpc) is 3.02. The van der Waals surface area contributed by atoms with Gasteiger partial charge in [-0.25, -0.2) is 14.6 Å². The molecule has 1 aliphatic carbocycles. The highest BCUT2D eigenvalue weighted by Crippen LogP contribution is 2.38. The fraction of sp³-hybridized carbons (Fsp3) is 0.647. The van der Waals surface area contributed by atoms with Crippen LogP contribution in [-0.2, 0) is 6.54 Å². The number of aromatic nitrogens is 4. The van der Waals surface area contributed by atoms with E-state index < -0.39 is 0 Å². The van der Waals surface area contributed by atoms with E-state index in [4.69, 9.17) is 5.26 Å². The SMILES string of the molecule is N#CCCn1ncc2c(N3CC[C@H]4CCCC[C@@H]4C3)ncnc21. The van der Waals surface area contributed by atoms with Gasteiger partial charge in [0.25, 0.3) is 0 Å². The largest absolute Gasteiger partial charge is 0.356 e. The Morgan fingerprint density at radius 3 is 2.91 bits per heavy atom. The molecule has 2 aromatic rings. The Labute approximate surface area is 136 Å². The second-order valence-electron chi connectivity index (χ2n) is 6.75. The molecule has 23 heavy (non-hydrogen) atoms. The zero-order valence-electron chi connectivity index (χ0n) is 13.4. The number of anilines is 1. The molecule has 0 amide bonds. The van der Waals surface area contributed by atoms with Crippen molar-refractivity contribution < 1.29 is 0 Å². The summed E-state index contributed by atoms with van der Waals surface area (Å²) in [5.41, 5.74) is 0.844. The number of fused-ring (bicyclic) bond motifs is 2. The minimum absolute atomic E-state index is 0.448. The van der Waals surface area contributed by atoms with Crippen LogP contribution in [0.2, 0.25) is 0 Å². The normalized spacial score (nSPS) is 24.4. The van der Waals surface area contributed by atoms with Gasteiger partial charge >= 0.3 is 0 Å². The van der Waals surface area contributed by atoms with Crippen molar-refractivity contribution in [2.24, 2.45) is 11.8 Å². The van der Waals surface area contributed by atoms with Gasteiger partial charge in [0.05, 0.1) is 30.6 Å². The summed E-state index contributed by atoms with van der Waals surface area (Å²) in [5, 5.41) is 14.2. The molecule has 6 heteroatoms. The first kappa shape index (κ1) is 14.4. The van der Waals surface area contributed by atoms with Crippen LogP contribution in [-0.4, -0.2) is 32.8 Å². The maximum Gasteiger partial charge on any atom is 0.163 e. The number of aryl methyl sites for hydroxylation is 1. The molecule has 1 aliphatic heterocycles. The molecule has 6 nitrogen and oxygen atoms in total. The molecule has 2 aromatic heterocycles. The van der Waals surface area contributed by atoms with Gasteiger partial charge < -0.3 is 4.90 Å². The standard InChI is InChI=1S/C17H22N6/c18-7-3-8-23-17-15(10-21-23)16(19-12-20-17)22-9-6-13-4-1-2-5-14(13)11-22/h10,12-14H,1-6,8-9,11H2/t13-,14-/m1/s1. The zero-order chi connectivity index (χ0) is 15.6. The van der Waals surface area contributed by atoms with Gasteiger partial charge in [-0.3, -0.25) is 0 Å². The first-order valence-electron chi connectivity index (χ1n) is 8.65. The summed E-state index contributed by atoms with van der Waals surface area (Å²) in [6.07, 6.45) is 10.8. The van der Waals surface area contributed by atoms with Gasteiger partial charge in [-0.1, -0.05) is 19.3 Å². The Kier molecular flexibility index (Phi) is 3.86. The van der Waals surface area contributed by atoms with E-state index in [1.807, 2.05) is 10.9 Å². The second-order valence-corrected chi connectivity index (χ2v) is 6.75. The number of rotatable bonds is 3. The molecule has 0 unspecified atom stereocenters. The number of hydrogen-bond donors (Lipinski definition) is 0. The van der Waals surface area contributed by atoms with Gasteiger partial charge in [0.15, 0.2) is 5.65 Å². The fourth-order valence-electron chi connectivity index (χ4n) is 4.25. The summed E-state index contributed by atoms with van der Waals surface area (Å²) in [5.74, 6) is 2.74. The average molecular weight is 310 g/mol. The lowest BCUT2D eigenvalue weighted by Gasteiger charge is -2.41. The molecule has 0 radical (unpaired) electrons. The van der Waals surface area contributed by atoms with Crippen LogP contribution in [0.15, 0.2) is 12.5 Å². The maximum atomic E-state index is 8.77. The van der Waals surface area contributed by atoms with Crippen molar-refractivity contribution in [3.63, 3.8) is 0 Å². The first-order valence-corrected chi connectivity index (χ1v) is 8.65. The molecule has 1 saturated carbocycles. The highest BCUT2D eigenvalue weighted by Gasteiger charge is 2.32. The number of piperidine rings is 1. The third-order valence-electron chi connectivity index (χ3n) is 5.44. The van der Waals surface area contributed by atoms with Crippen LogP contribution in [0, 0.1) is 23.2 Å². The topological polar surface area (TPSA) is 70.6 Å². The monoisotopic (exact) mass is 310 g/mol. The molecule has 0 aromatic carbocycles. The third-order valence-corrected chi connectivity index (χ3v) is 5.44. The summed E-state index contributed by atoms with van der Waals surface area (Å²) >= 11 is 0. The highest BCUT2D eigenvalue weighted by molar-refractivity contribution is 5.86. The number of hydrogen-bond acceptors (Lipinski definition) is 5. The van der Waals surface area contributed by atoms with Crippen molar-refractivity contribution in [3.05, 3.63) is 12.5 Å². The van der Waals surface area contributed by atoms with Crippen molar-refractivity contribution in [2.45, 2.75) is 45.1 Å². The lowest BCUT2D eigenvalue weighted by atomic mass is 9.75. The lowest BCUT2D eigenvalue weighted by Crippen LogP contribution is -2.42. The van der Waals surface area contributed by atoms with Gasteiger partial charge in [0.2, 0.25) is 0 Å². The third kappa shape index (κ3) is 2.65. The summed E-state index contributed by atoms with van der Waals surface area (Å²) in [7, 11) is 0. The Hall–Kier alpha value is -2.16. The second kappa shape index (κ2) is 6.15. The molecule has 0 spiro atoms. The quantitative estimate of drug-likeness (QED) is 0.871. The predicted molar refractivity (Wildman–Crippen MR) is 87.8 cm³/mol. The van der Waals surface area contributed by atoms with Gasteiger partial charge in [-0.05, 0) is 24.7 Å². The van der Waals surface area contributed by atoms with Crippen LogP contribution in [0.25, 0.3) is 11.0 Å². The van der Waals surface area contributed by atoms with E-state index in [1.165, 1.54) is 32.1 Å². The van der Waals surface area contributed by atoms with Crippen LogP contribution in [0.4, 0.5) is 5.82 Å². The maximum absolute atomic E-state index is 8.77. The van der Waals surface area contributed by atoms with Crippen LogP contribution < -0.4 is 4.90 Å². The minimum Gasteiger partial charge on any atom is -0.356 e. The van der Waals surface area contributed by atoms with E-state index >= 15 is 0 Å². The van der Waals surface area contributed by atoms with E-state index in [0.717, 1.165) is 41.8 Å². The van der Waals surface area contributed by atoms with Crippen molar-refractivity contribution in [2.75, 3.05) is 18.0 Å². The Morgan fingerprint density at radius 2 is 2.04 bits per heavy atom. The minimum atomic E-state index is 0.448. The van der Waals surface area contributed by atoms with E-state index in [-0.39, 0.29) is 0 Å². The van der Waals surface area contributed by atoms with Crippen molar-refractivity contribution in [1.82, 2.24) is 19.7 Å². The molecule has 0 N–H and O–H groups in total. The lowest BCUT2D eigenvalue weighted by molar-refractivity contribution is 0.202. The molecular formula is C17H22N6. The van der Waals surface area contributed by atoms with E-state index in [2.05, 4.69) is 26.0 Å². The van der Waals surface area contributed by atoms with E-state index in [9.17, 15) is 0 Å². The Bertz CT molecular complexity index is 730. The summed E-state index contributed by atoms with van der Waals surface area (Å²) in [4.78, 5) is 11.4. The van der Waals surface area contributed by atoms with Crippen LogP contribution >= 0.6 is 0 Å². The molecule has 1 saturated heterocycles. The molecule has 120 valence electrons. The molecular weight excluding hydrogens is 288 g/mol. The summed E-state index contributed by atoms with van der Waals surface area (Å²) in [6, 6.07) is 2.17. The molecule has 0 bridgehead atoms. The zero-order valence-corrected chi connectivity index (χ0v) is 13.4. The van der Waals surface area contributed by atoms with Gasteiger partial charge in [0, 0.05) is 13.1 Å². The van der Waals surface area contributed by atoms with Gasteiger partial charge in [0.1, 0.15) is 12.1 Å². The number of nitriles is 1. The Morgan fingerprint density at radius 1 is 1.17 bits per heavy atom. The summed E-state index contributed by atoms with van der Waals surface area (Å²) < 4.78 is 1.82. The molecule has 2 atom stereocenters. The first-order chi connectivity index (χ1) is 11.4. The van der Waals surface area contributed by atoms with Crippen LogP contribution in [0.3, 0.4) is 0 Å². The van der Waals surface area contributed by atoms with Crippen molar-refractivity contribution in [1.29, 1.82) is 5.26 Å². The fourth-order valence-corrected chi connectivity index (χ4v) is 4.25. The van der Waals surface area contributed by atoms with Crippen molar-refractivity contribution in [3.8, 4) is 6.07 Å². The van der Waals surface area contributed by atoms with E-state index in [1.54, 1.807) is 6.33 Å². The van der Waals surface area contributed by atoms with Crippen LogP contribution in [0.1, 0.15) is 38.5 Å². The van der Waals surface area contributed by atoms with Gasteiger partial charge in [-0.2, -0.15) is 10.4 Å². The predicted octanol–water partition coefficient (Wildman–Crippen LogP) is 2.76. The molecule has 3 heterocycles. The van der Waals surface area contributed by atoms with Crippen molar-refractivity contribution >= 4 is 16.9 Å². The summed E-state index contributed by atoms with van der Waals surface area (Å²) in [6.45, 7) is 2.78. The smallest absolute Gasteiger partial charge is 0.163 e. The van der Waals surface area contributed by atoms with Crippen LogP contribution in [0.5, 0.6) is 0 Å². The van der Waals surface area contributed by atoms with E-state index in [0.29, 0.717) is 13.0 Å². The highest BCUT2D eigenvalue weighted by atomic mass is 15.3. The number of nitrogens with zero attached hydrogens (tertiary/aromatic N) is 6. The molecule has 2 fully saturated rings. The molecule has 4 rings (SSSR count). The molecule has 2 aliphatic rings.